The first-order chi connectivity index (χ1) is 15.8. The molecular weight excluding hydrogens is 543 g/mol. The topological polar surface area (TPSA) is 82.5 Å². The van der Waals surface area contributed by atoms with Crippen molar-refractivity contribution in [3.63, 3.8) is 0 Å². The SMILES string of the molecule is CN1C(=O)C(CC=Cc2ccccc2I)[C@@](C)(c2cc(-c3cccc(C#N)c3)cs2)N=C1N. The van der Waals surface area contributed by atoms with Crippen molar-refractivity contribution in [3.05, 3.63) is 85.6 Å². The summed E-state index contributed by atoms with van der Waals surface area (Å²) < 4.78 is 1.16. The summed E-state index contributed by atoms with van der Waals surface area (Å²) in [5.74, 6) is -0.204. The van der Waals surface area contributed by atoms with E-state index in [-0.39, 0.29) is 17.8 Å². The molecule has 2 N–H and O–H groups in total. The number of carbonyl (C=O) groups excluding carboxylic acids is 1. The number of hydrogen-bond donors (Lipinski definition) is 1. The van der Waals surface area contributed by atoms with Gasteiger partial charge in [0, 0.05) is 15.5 Å². The van der Waals surface area contributed by atoms with Crippen LogP contribution in [0.3, 0.4) is 0 Å². The molecule has 2 aromatic carbocycles. The zero-order valence-corrected chi connectivity index (χ0v) is 21.3. The van der Waals surface area contributed by atoms with Gasteiger partial charge in [-0.3, -0.25) is 9.69 Å². The maximum atomic E-state index is 13.3. The van der Waals surface area contributed by atoms with Crippen molar-refractivity contribution in [2.45, 2.75) is 18.9 Å². The van der Waals surface area contributed by atoms with Gasteiger partial charge in [0.15, 0.2) is 5.96 Å². The highest BCUT2D eigenvalue weighted by atomic mass is 127. The Bertz CT molecular complexity index is 1310. The third-order valence-corrected chi connectivity index (χ3v) is 8.13. The first kappa shape index (κ1) is 23.2. The maximum absolute atomic E-state index is 13.3. The summed E-state index contributed by atoms with van der Waals surface area (Å²) in [6.45, 7) is 1.98. The third kappa shape index (κ3) is 4.59. The number of halogens is 1. The predicted octanol–water partition coefficient (Wildman–Crippen LogP) is 5.61. The molecule has 4 rings (SSSR count). The lowest BCUT2D eigenvalue weighted by Gasteiger charge is -2.39. The Kier molecular flexibility index (Phi) is 6.68. The Balaban J connectivity index is 1.69. The molecule has 0 bridgehead atoms. The fraction of sp³-hybridized carbons (Fsp3) is 0.192. The molecule has 2 atom stereocenters. The van der Waals surface area contributed by atoms with Crippen molar-refractivity contribution in [1.29, 1.82) is 5.26 Å². The van der Waals surface area contributed by atoms with Crippen LogP contribution in [-0.2, 0) is 10.3 Å². The summed E-state index contributed by atoms with van der Waals surface area (Å²) in [5.41, 5.74) is 9.06. The van der Waals surface area contributed by atoms with E-state index in [4.69, 9.17) is 10.7 Å². The van der Waals surface area contributed by atoms with Crippen LogP contribution in [0, 0.1) is 20.8 Å². The molecule has 0 fully saturated rings. The summed E-state index contributed by atoms with van der Waals surface area (Å²) in [4.78, 5) is 20.5. The first-order valence-electron chi connectivity index (χ1n) is 10.5. The molecule has 1 aromatic heterocycles. The number of allylic oxidation sites excluding steroid dienone is 1. The van der Waals surface area contributed by atoms with E-state index >= 15 is 0 Å². The Labute approximate surface area is 211 Å². The Hall–Kier alpha value is -2.96. The van der Waals surface area contributed by atoms with Crippen molar-refractivity contribution < 1.29 is 4.79 Å². The molecule has 1 unspecified atom stereocenters. The largest absolute Gasteiger partial charge is 0.369 e. The number of carbonyl (C=O) groups is 1. The van der Waals surface area contributed by atoms with Gasteiger partial charge in [0.25, 0.3) is 0 Å². The number of nitrogens with two attached hydrogens (primary N) is 1. The lowest BCUT2D eigenvalue weighted by Crippen LogP contribution is -2.53. The Morgan fingerprint density at radius 2 is 2.03 bits per heavy atom. The van der Waals surface area contributed by atoms with Gasteiger partial charge in [0.2, 0.25) is 5.91 Å². The molecule has 1 amide bonds. The number of nitriles is 1. The van der Waals surface area contributed by atoms with Gasteiger partial charge >= 0.3 is 0 Å². The van der Waals surface area contributed by atoms with Gasteiger partial charge in [-0.15, -0.1) is 11.3 Å². The quantitative estimate of drug-likeness (QED) is 0.408. The van der Waals surface area contributed by atoms with Crippen LogP contribution in [0.1, 0.15) is 29.3 Å². The summed E-state index contributed by atoms with van der Waals surface area (Å²) in [6, 6.07) is 19.9. The normalized spacial score (nSPS) is 20.7. The second-order valence-corrected chi connectivity index (χ2v) is 10.2. The second-order valence-electron chi connectivity index (χ2n) is 8.12. The molecular formula is C26H23IN4OS. The number of hydrogen-bond acceptors (Lipinski definition) is 5. The van der Waals surface area contributed by atoms with Crippen LogP contribution in [0.5, 0.6) is 0 Å². The van der Waals surface area contributed by atoms with Gasteiger partial charge in [-0.25, -0.2) is 4.99 Å². The van der Waals surface area contributed by atoms with Crippen LogP contribution in [0.2, 0.25) is 0 Å². The number of nitrogens with zero attached hydrogens (tertiary/aromatic N) is 3. The number of rotatable bonds is 5. The van der Waals surface area contributed by atoms with Gasteiger partial charge < -0.3 is 5.73 Å². The molecule has 0 saturated heterocycles. The Morgan fingerprint density at radius 3 is 2.79 bits per heavy atom. The molecule has 5 nitrogen and oxygen atoms in total. The molecule has 2 heterocycles. The highest BCUT2D eigenvalue weighted by Gasteiger charge is 2.46. The van der Waals surface area contributed by atoms with E-state index in [0.717, 1.165) is 25.1 Å². The molecule has 33 heavy (non-hydrogen) atoms. The fourth-order valence-corrected chi connectivity index (χ4v) is 5.64. The Morgan fingerprint density at radius 1 is 1.24 bits per heavy atom. The highest BCUT2D eigenvalue weighted by molar-refractivity contribution is 14.1. The van der Waals surface area contributed by atoms with Crippen LogP contribution in [0.15, 0.2) is 71.0 Å². The minimum atomic E-state index is -0.780. The summed E-state index contributed by atoms with van der Waals surface area (Å²) in [5, 5.41) is 11.3. The monoisotopic (exact) mass is 566 g/mol. The van der Waals surface area contributed by atoms with E-state index in [2.05, 4.69) is 52.9 Å². The van der Waals surface area contributed by atoms with Crippen molar-refractivity contribution in [2.24, 2.45) is 16.6 Å². The highest BCUT2D eigenvalue weighted by Crippen LogP contribution is 2.44. The summed E-state index contributed by atoms with van der Waals surface area (Å²) >= 11 is 3.87. The van der Waals surface area contributed by atoms with Crippen LogP contribution in [0.25, 0.3) is 17.2 Å². The van der Waals surface area contributed by atoms with E-state index < -0.39 is 5.54 Å². The van der Waals surface area contributed by atoms with Gasteiger partial charge in [-0.1, -0.05) is 42.5 Å². The number of aliphatic imine (C=N–C) groups is 1. The molecule has 7 heteroatoms. The lowest BCUT2D eigenvalue weighted by atomic mass is 9.79. The predicted molar refractivity (Wildman–Crippen MR) is 143 cm³/mol. The smallest absolute Gasteiger partial charge is 0.235 e. The van der Waals surface area contributed by atoms with E-state index in [1.807, 2.05) is 48.7 Å². The van der Waals surface area contributed by atoms with Gasteiger partial charge in [-0.05, 0) is 82.3 Å². The molecule has 1 aliphatic heterocycles. The minimum absolute atomic E-state index is 0.0427. The molecule has 0 saturated carbocycles. The number of thiophene rings is 1. The van der Waals surface area contributed by atoms with Gasteiger partial charge in [-0.2, -0.15) is 5.26 Å². The van der Waals surface area contributed by atoms with Crippen molar-refractivity contribution in [2.75, 3.05) is 7.05 Å². The average molecular weight is 566 g/mol. The van der Waals surface area contributed by atoms with Crippen molar-refractivity contribution in [1.82, 2.24) is 4.90 Å². The van der Waals surface area contributed by atoms with E-state index in [1.165, 1.54) is 4.90 Å². The van der Waals surface area contributed by atoms with Gasteiger partial charge in [0.1, 0.15) is 5.54 Å². The number of benzene rings is 2. The van der Waals surface area contributed by atoms with Crippen molar-refractivity contribution >= 4 is 51.9 Å². The standard InChI is InChI=1S/C26H23IN4OS/c1-26(23-14-20(16-33-23)19-10-5-7-17(13-19)15-28)21(24(32)31(2)25(29)30-26)11-6-9-18-8-3-4-12-22(18)27/h3-10,12-14,16,21H,11H2,1-2H3,(H2,29,30)/t21?,26-/m0/s1. The minimum Gasteiger partial charge on any atom is -0.369 e. The van der Waals surface area contributed by atoms with Crippen LogP contribution in [0.4, 0.5) is 0 Å². The van der Waals surface area contributed by atoms with Gasteiger partial charge in [0.05, 0.1) is 17.6 Å². The first-order valence-corrected chi connectivity index (χ1v) is 12.4. The third-order valence-electron chi connectivity index (χ3n) is 6.00. The van der Waals surface area contributed by atoms with Crippen LogP contribution < -0.4 is 5.73 Å². The summed E-state index contributed by atoms with van der Waals surface area (Å²) in [7, 11) is 1.67. The van der Waals surface area contributed by atoms with Crippen molar-refractivity contribution in [3.8, 4) is 17.2 Å². The van der Waals surface area contributed by atoms with Crippen LogP contribution >= 0.6 is 33.9 Å². The van der Waals surface area contributed by atoms with E-state index in [1.54, 1.807) is 24.5 Å². The second kappa shape index (κ2) is 9.49. The average Bonchev–Trinajstić information content (AvgIpc) is 3.32. The molecule has 3 aromatic rings. The summed E-state index contributed by atoms with van der Waals surface area (Å²) in [6.07, 6.45) is 4.65. The molecule has 0 spiro atoms. The fourth-order valence-electron chi connectivity index (χ4n) is 4.00. The van der Waals surface area contributed by atoms with E-state index in [0.29, 0.717) is 12.0 Å². The van der Waals surface area contributed by atoms with E-state index in [9.17, 15) is 10.1 Å². The lowest BCUT2D eigenvalue weighted by molar-refractivity contribution is -0.133. The zero-order chi connectivity index (χ0) is 23.6. The molecule has 166 valence electrons. The molecule has 1 aliphatic rings. The molecule has 0 radical (unpaired) electrons. The number of amides is 1. The van der Waals surface area contributed by atoms with Crippen LogP contribution in [-0.4, -0.2) is 23.8 Å². The molecule has 0 aliphatic carbocycles. The zero-order valence-electron chi connectivity index (χ0n) is 18.3. The maximum Gasteiger partial charge on any atom is 0.235 e. The number of guanidine groups is 1.